The van der Waals surface area contributed by atoms with Crippen molar-refractivity contribution in [1.29, 1.82) is 0 Å². The molecular weight excluding hydrogens is 802 g/mol. The van der Waals surface area contributed by atoms with Crippen LogP contribution in [-0.4, -0.2) is 60.5 Å². The van der Waals surface area contributed by atoms with Crippen LogP contribution in [-0.2, 0) is 32.7 Å². The Morgan fingerprint density at radius 1 is 0.581 bits per heavy atom. The number of phosphoric ester groups is 1. The van der Waals surface area contributed by atoms with E-state index in [1.54, 1.807) is 6.08 Å². The molecule has 0 fully saturated rings. The minimum Gasteiger partial charge on any atom is -0.462 e. The molecule has 3 atom stereocenters. The monoisotopic (exact) mass is 890 g/mol. The van der Waals surface area contributed by atoms with Gasteiger partial charge < -0.3 is 25.2 Å². The van der Waals surface area contributed by atoms with Gasteiger partial charge in [0.1, 0.15) is 6.61 Å². The lowest BCUT2D eigenvalue weighted by atomic mass is 10.0. The number of rotatable bonds is 44. The van der Waals surface area contributed by atoms with E-state index in [0.717, 1.165) is 44.9 Å². The van der Waals surface area contributed by atoms with Crippen molar-refractivity contribution in [3.8, 4) is 0 Å². The molecule has 10 nitrogen and oxygen atoms in total. The van der Waals surface area contributed by atoms with E-state index >= 15 is 0 Å². The van der Waals surface area contributed by atoms with Crippen molar-refractivity contribution in [3.63, 3.8) is 0 Å². The van der Waals surface area contributed by atoms with Crippen LogP contribution in [0.2, 0.25) is 0 Å². The fraction of sp³-hybridized carbons (Fsp3) is 0.686. The quantitative estimate of drug-likeness (QED) is 0.0177. The number of allylic oxidation sites excluding steroid dienone is 12. The van der Waals surface area contributed by atoms with Gasteiger partial charge in [0, 0.05) is 19.4 Å². The first kappa shape index (κ1) is 59.1. The number of ether oxygens (including phenoxy) is 2. The van der Waals surface area contributed by atoms with Gasteiger partial charge in [-0.25, -0.2) is 4.57 Å². The van der Waals surface area contributed by atoms with Gasteiger partial charge in [0.05, 0.1) is 19.3 Å². The van der Waals surface area contributed by atoms with E-state index in [1.165, 1.54) is 96.3 Å². The average molecular weight is 890 g/mol. The first-order valence-corrected chi connectivity index (χ1v) is 25.7. The molecule has 0 aliphatic carbocycles. The first-order valence-electron chi connectivity index (χ1n) is 24.2. The molecule has 356 valence electrons. The standard InChI is InChI=1S/C51H88NO9P/c1-3-5-7-8-9-10-11-12-13-14-15-16-17-18-19-22-26-29-32-35-39-43-51(55)61-49(47-60-62(56,57)59-45-44-52)46-58-50(54)42-38-34-31-28-25-23-20-21-24-27-30-33-37-41-48(53)40-36-6-4-2/h6,12-13,21,23-25,30-31,33-34,36-37,41,48-49,53H,3-5,7-11,14-20,22,26-29,32,35,38-40,42-47,52H2,1-2H3,(H,56,57)/b13-12-,24-21-,25-23-,33-30+,34-31-,36-6-,41-37+/t48?,49-/m1/s1. The van der Waals surface area contributed by atoms with Gasteiger partial charge in [0.15, 0.2) is 6.10 Å². The van der Waals surface area contributed by atoms with Gasteiger partial charge in [-0.05, 0) is 70.6 Å². The molecule has 0 saturated heterocycles. The van der Waals surface area contributed by atoms with E-state index < -0.39 is 38.6 Å². The van der Waals surface area contributed by atoms with Crippen LogP contribution in [0.1, 0.15) is 187 Å². The lowest BCUT2D eigenvalue weighted by molar-refractivity contribution is -0.161. The van der Waals surface area contributed by atoms with Crippen LogP contribution in [0.15, 0.2) is 85.1 Å². The second-order valence-electron chi connectivity index (χ2n) is 15.8. The van der Waals surface area contributed by atoms with Crippen LogP contribution in [0.4, 0.5) is 0 Å². The highest BCUT2D eigenvalue weighted by atomic mass is 31.2. The fourth-order valence-corrected chi connectivity index (χ4v) is 7.03. The number of nitrogens with two attached hydrogens (primary N) is 1. The predicted octanol–water partition coefficient (Wildman–Crippen LogP) is 13.4. The Morgan fingerprint density at radius 2 is 1.11 bits per heavy atom. The zero-order valence-corrected chi connectivity index (χ0v) is 39.8. The summed E-state index contributed by atoms with van der Waals surface area (Å²) >= 11 is 0. The third-order valence-corrected chi connectivity index (χ3v) is 10.8. The molecule has 0 saturated carbocycles. The highest BCUT2D eigenvalue weighted by Gasteiger charge is 2.26. The van der Waals surface area contributed by atoms with E-state index in [9.17, 15) is 24.2 Å². The maximum absolute atomic E-state index is 12.6. The number of carbonyl (C=O) groups excluding carboxylic acids is 2. The average Bonchev–Trinajstić information content (AvgIpc) is 3.25. The van der Waals surface area contributed by atoms with Gasteiger partial charge in [-0.2, -0.15) is 0 Å². The lowest BCUT2D eigenvalue weighted by Gasteiger charge is -2.19. The van der Waals surface area contributed by atoms with E-state index in [-0.39, 0.29) is 32.6 Å². The van der Waals surface area contributed by atoms with E-state index in [0.29, 0.717) is 19.3 Å². The number of unbranched alkanes of at least 4 members (excludes halogenated alkanes) is 17. The summed E-state index contributed by atoms with van der Waals surface area (Å²) in [6.45, 7) is 3.43. The Balaban J connectivity index is 4.23. The molecule has 0 aliphatic rings. The summed E-state index contributed by atoms with van der Waals surface area (Å²) in [5, 5.41) is 9.84. The molecule has 0 spiro atoms. The summed E-state index contributed by atoms with van der Waals surface area (Å²) in [5.41, 5.74) is 5.35. The highest BCUT2D eigenvalue weighted by molar-refractivity contribution is 7.47. The number of aliphatic hydroxyl groups is 1. The van der Waals surface area contributed by atoms with Crippen molar-refractivity contribution in [2.45, 2.75) is 199 Å². The third-order valence-electron chi connectivity index (χ3n) is 9.86. The summed E-state index contributed by atoms with van der Waals surface area (Å²) in [6.07, 6.45) is 55.3. The normalized spacial score (nSPS) is 14.5. The molecule has 0 rings (SSSR count). The summed E-state index contributed by atoms with van der Waals surface area (Å²) < 4.78 is 32.8. The van der Waals surface area contributed by atoms with Crippen LogP contribution in [0.5, 0.6) is 0 Å². The van der Waals surface area contributed by atoms with Gasteiger partial charge in [-0.15, -0.1) is 0 Å². The highest BCUT2D eigenvalue weighted by Crippen LogP contribution is 2.43. The number of aliphatic hydroxyl groups excluding tert-OH is 1. The Hall–Kier alpha value is -2.85. The number of carbonyl (C=O) groups is 2. The first-order chi connectivity index (χ1) is 30.2. The molecule has 11 heteroatoms. The molecule has 0 bridgehead atoms. The molecule has 4 N–H and O–H groups in total. The number of phosphoric acid groups is 1. The van der Waals surface area contributed by atoms with Crippen molar-refractivity contribution in [2.24, 2.45) is 5.73 Å². The maximum atomic E-state index is 12.6. The second kappa shape index (κ2) is 46.2. The minimum absolute atomic E-state index is 0.0340. The topological polar surface area (TPSA) is 155 Å². The van der Waals surface area contributed by atoms with Gasteiger partial charge in [-0.1, -0.05) is 189 Å². The Bertz CT molecular complexity index is 1310. The molecule has 62 heavy (non-hydrogen) atoms. The third kappa shape index (κ3) is 45.2. The number of esters is 2. The summed E-state index contributed by atoms with van der Waals surface area (Å²) in [7, 11) is -4.41. The lowest BCUT2D eigenvalue weighted by Crippen LogP contribution is -2.29. The minimum atomic E-state index is -4.41. The molecule has 0 aromatic heterocycles. The largest absolute Gasteiger partial charge is 0.472 e. The maximum Gasteiger partial charge on any atom is 0.472 e. The van der Waals surface area contributed by atoms with Crippen LogP contribution in [0.25, 0.3) is 0 Å². The van der Waals surface area contributed by atoms with Gasteiger partial charge >= 0.3 is 19.8 Å². The number of hydrogen-bond acceptors (Lipinski definition) is 9. The second-order valence-corrected chi connectivity index (χ2v) is 17.2. The number of hydrogen-bond donors (Lipinski definition) is 3. The molecule has 0 aromatic rings. The van der Waals surface area contributed by atoms with Crippen molar-refractivity contribution in [3.05, 3.63) is 85.1 Å². The van der Waals surface area contributed by atoms with E-state index in [4.69, 9.17) is 24.3 Å². The van der Waals surface area contributed by atoms with Crippen LogP contribution in [0, 0.1) is 0 Å². The van der Waals surface area contributed by atoms with Crippen molar-refractivity contribution in [1.82, 2.24) is 0 Å². The van der Waals surface area contributed by atoms with E-state index in [1.807, 2.05) is 42.5 Å². The Morgan fingerprint density at radius 3 is 1.69 bits per heavy atom. The van der Waals surface area contributed by atoms with Crippen molar-refractivity contribution in [2.75, 3.05) is 26.4 Å². The zero-order chi connectivity index (χ0) is 45.5. The summed E-state index contributed by atoms with van der Waals surface area (Å²) in [5.74, 6) is -0.951. The van der Waals surface area contributed by atoms with Gasteiger partial charge in [0.25, 0.3) is 0 Å². The van der Waals surface area contributed by atoms with Crippen LogP contribution in [0.3, 0.4) is 0 Å². The van der Waals surface area contributed by atoms with E-state index in [2.05, 4.69) is 50.3 Å². The van der Waals surface area contributed by atoms with Gasteiger partial charge in [-0.3, -0.25) is 18.6 Å². The summed E-state index contributed by atoms with van der Waals surface area (Å²) in [6, 6.07) is 0. The van der Waals surface area contributed by atoms with Crippen molar-refractivity contribution < 1.29 is 42.7 Å². The van der Waals surface area contributed by atoms with Gasteiger partial charge in [0.2, 0.25) is 0 Å². The molecular formula is C51H88NO9P. The SMILES string of the molecule is CC/C=C\CC(O)/C=C/C=C/C/C=C\C/C=C\C/C=C\CCC(=O)OC[C@H](COP(=O)(O)OCCN)OC(=O)CCCCCCCCCCCCC/C=C\CCCCCCCC. The molecule has 0 aliphatic heterocycles. The molecule has 0 amide bonds. The molecule has 0 heterocycles. The van der Waals surface area contributed by atoms with Crippen molar-refractivity contribution >= 4 is 19.8 Å². The molecule has 2 unspecified atom stereocenters. The fourth-order valence-electron chi connectivity index (χ4n) is 6.27. The Labute approximate surface area is 377 Å². The smallest absolute Gasteiger partial charge is 0.462 e. The van der Waals surface area contributed by atoms with Crippen LogP contribution < -0.4 is 5.73 Å². The Kier molecular flexibility index (Phi) is 44.0. The predicted molar refractivity (Wildman–Crippen MR) is 258 cm³/mol. The zero-order valence-electron chi connectivity index (χ0n) is 38.9. The molecule has 0 aromatic carbocycles. The van der Waals surface area contributed by atoms with Crippen LogP contribution >= 0.6 is 7.82 Å². The molecule has 0 radical (unpaired) electrons. The summed E-state index contributed by atoms with van der Waals surface area (Å²) in [4.78, 5) is 35.0.